The van der Waals surface area contributed by atoms with Crippen LogP contribution in [0.25, 0.3) is 0 Å². The molecule has 6 nitrogen and oxygen atoms in total. The summed E-state index contributed by atoms with van der Waals surface area (Å²) in [5, 5.41) is 2.65. The predicted molar refractivity (Wildman–Crippen MR) is 98.3 cm³/mol. The van der Waals surface area contributed by atoms with E-state index in [1.807, 2.05) is 30.3 Å². The Labute approximate surface area is 152 Å². The van der Waals surface area contributed by atoms with Gasteiger partial charge >= 0.3 is 5.97 Å². The van der Waals surface area contributed by atoms with Crippen LogP contribution in [0.2, 0.25) is 0 Å². The molecule has 2 aromatic rings. The molecule has 0 spiro atoms. The minimum atomic E-state index is -0.557. The maximum Gasteiger partial charge on any atom is 0.330 e. The van der Waals surface area contributed by atoms with E-state index in [1.165, 1.54) is 0 Å². The molecule has 0 saturated heterocycles. The highest BCUT2D eigenvalue weighted by Crippen LogP contribution is 2.17. The van der Waals surface area contributed by atoms with Gasteiger partial charge in [-0.25, -0.2) is 4.79 Å². The number of hydrogen-bond acceptors (Lipinski definition) is 5. The lowest BCUT2D eigenvalue weighted by molar-refractivity contribution is -0.137. The van der Waals surface area contributed by atoms with Gasteiger partial charge in [0.05, 0.1) is 6.61 Å². The Bertz CT molecular complexity index is 743. The highest BCUT2D eigenvalue weighted by molar-refractivity contribution is 6.02. The number of anilines is 1. The fourth-order valence-corrected chi connectivity index (χ4v) is 2.02. The SMILES string of the molecule is CCOC(=O)/C=C/C(=O)Nc1cccc(OCCOc2ccccc2)c1. The Hall–Kier alpha value is -3.28. The van der Waals surface area contributed by atoms with Crippen LogP contribution in [0.15, 0.2) is 66.7 Å². The molecule has 0 radical (unpaired) electrons. The Morgan fingerprint density at radius 3 is 2.35 bits per heavy atom. The summed E-state index contributed by atoms with van der Waals surface area (Å²) in [6.45, 7) is 2.73. The van der Waals surface area contributed by atoms with Crippen molar-refractivity contribution in [3.8, 4) is 11.5 Å². The standard InChI is InChI=1S/C20H21NO5/c1-2-24-20(23)12-11-19(22)21-16-7-6-10-18(15-16)26-14-13-25-17-8-4-3-5-9-17/h3-12,15H,2,13-14H2,1H3,(H,21,22)/b12-11+. The number of ether oxygens (including phenoxy) is 3. The molecule has 0 aliphatic rings. The lowest BCUT2D eigenvalue weighted by Crippen LogP contribution is -2.11. The summed E-state index contributed by atoms with van der Waals surface area (Å²) >= 11 is 0. The molecule has 2 rings (SSSR count). The van der Waals surface area contributed by atoms with Crippen LogP contribution in [-0.4, -0.2) is 31.7 Å². The molecule has 136 valence electrons. The maximum absolute atomic E-state index is 11.8. The third-order valence-corrected chi connectivity index (χ3v) is 3.12. The van der Waals surface area contributed by atoms with Crippen molar-refractivity contribution in [1.29, 1.82) is 0 Å². The zero-order valence-electron chi connectivity index (χ0n) is 14.5. The lowest BCUT2D eigenvalue weighted by Gasteiger charge is -2.09. The van der Waals surface area contributed by atoms with Crippen LogP contribution in [-0.2, 0) is 14.3 Å². The van der Waals surface area contributed by atoms with Crippen LogP contribution >= 0.6 is 0 Å². The second-order valence-electron chi connectivity index (χ2n) is 5.11. The van der Waals surface area contributed by atoms with Gasteiger partial charge in [-0.1, -0.05) is 24.3 Å². The van der Waals surface area contributed by atoms with Crippen LogP contribution in [0.3, 0.4) is 0 Å². The summed E-state index contributed by atoms with van der Waals surface area (Å²) in [5.74, 6) is 0.403. The van der Waals surface area contributed by atoms with E-state index in [0.29, 0.717) is 24.7 Å². The van der Waals surface area contributed by atoms with Gasteiger partial charge in [-0.2, -0.15) is 0 Å². The summed E-state index contributed by atoms with van der Waals surface area (Å²) in [6.07, 6.45) is 2.21. The molecule has 1 amide bonds. The van der Waals surface area contributed by atoms with Crippen LogP contribution in [0, 0.1) is 0 Å². The molecule has 0 fully saturated rings. The monoisotopic (exact) mass is 355 g/mol. The average molecular weight is 355 g/mol. The van der Waals surface area contributed by atoms with Crippen molar-refractivity contribution in [2.75, 3.05) is 25.1 Å². The van der Waals surface area contributed by atoms with Gasteiger partial charge in [-0.05, 0) is 31.2 Å². The Morgan fingerprint density at radius 2 is 1.62 bits per heavy atom. The van der Waals surface area contributed by atoms with Crippen LogP contribution in [0.1, 0.15) is 6.92 Å². The van der Waals surface area contributed by atoms with E-state index in [4.69, 9.17) is 14.2 Å². The summed E-state index contributed by atoms with van der Waals surface area (Å²) in [7, 11) is 0. The Kier molecular flexibility index (Phi) is 7.74. The molecule has 0 aliphatic carbocycles. The zero-order chi connectivity index (χ0) is 18.6. The fourth-order valence-electron chi connectivity index (χ4n) is 2.02. The van der Waals surface area contributed by atoms with Crippen molar-refractivity contribution in [2.24, 2.45) is 0 Å². The van der Waals surface area contributed by atoms with Gasteiger partial charge < -0.3 is 19.5 Å². The first kappa shape index (κ1) is 19.1. The van der Waals surface area contributed by atoms with Gasteiger partial charge in [0.1, 0.15) is 24.7 Å². The van der Waals surface area contributed by atoms with Crippen LogP contribution in [0.4, 0.5) is 5.69 Å². The van der Waals surface area contributed by atoms with Crippen LogP contribution < -0.4 is 14.8 Å². The normalized spacial score (nSPS) is 10.3. The smallest absolute Gasteiger partial charge is 0.330 e. The Morgan fingerprint density at radius 1 is 0.923 bits per heavy atom. The first-order valence-electron chi connectivity index (χ1n) is 8.24. The minimum Gasteiger partial charge on any atom is -0.490 e. The number of para-hydroxylation sites is 1. The summed E-state index contributed by atoms with van der Waals surface area (Å²) in [5.41, 5.74) is 0.560. The van der Waals surface area contributed by atoms with Gasteiger partial charge in [0.25, 0.3) is 0 Å². The number of carbonyl (C=O) groups excluding carboxylic acids is 2. The van der Waals surface area contributed by atoms with E-state index in [0.717, 1.165) is 17.9 Å². The Balaban J connectivity index is 1.78. The number of amides is 1. The molecular formula is C20H21NO5. The fraction of sp³-hybridized carbons (Fsp3) is 0.200. The van der Waals surface area contributed by atoms with E-state index >= 15 is 0 Å². The molecule has 2 aromatic carbocycles. The summed E-state index contributed by atoms with van der Waals surface area (Å²) in [4.78, 5) is 23.0. The maximum atomic E-state index is 11.8. The molecule has 0 aromatic heterocycles. The van der Waals surface area contributed by atoms with Gasteiger partial charge in [0, 0.05) is 23.9 Å². The molecule has 0 saturated carbocycles. The topological polar surface area (TPSA) is 73.9 Å². The van der Waals surface area contributed by atoms with E-state index < -0.39 is 11.9 Å². The van der Waals surface area contributed by atoms with Gasteiger partial charge in [0.2, 0.25) is 5.91 Å². The minimum absolute atomic E-state index is 0.262. The van der Waals surface area contributed by atoms with E-state index in [9.17, 15) is 9.59 Å². The van der Waals surface area contributed by atoms with Crippen molar-refractivity contribution in [2.45, 2.75) is 6.92 Å². The van der Waals surface area contributed by atoms with E-state index in [-0.39, 0.29) is 6.61 Å². The molecule has 0 atom stereocenters. The third kappa shape index (κ3) is 7.09. The number of rotatable bonds is 9. The van der Waals surface area contributed by atoms with E-state index in [1.54, 1.807) is 31.2 Å². The second kappa shape index (κ2) is 10.6. The van der Waals surface area contributed by atoms with E-state index in [2.05, 4.69) is 5.32 Å². The van der Waals surface area contributed by atoms with Gasteiger partial charge in [0.15, 0.2) is 0 Å². The van der Waals surface area contributed by atoms with Crippen molar-refractivity contribution in [1.82, 2.24) is 0 Å². The molecule has 0 unspecified atom stereocenters. The molecule has 0 aliphatic heterocycles. The number of hydrogen-bond donors (Lipinski definition) is 1. The summed E-state index contributed by atoms with van der Waals surface area (Å²) in [6, 6.07) is 16.4. The second-order valence-corrected chi connectivity index (χ2v) is 5.11. The molecular weight excluding hydrogens is 334 g/mol. The summed E-state index contributed by atoms with van der Waals surface area (Å²) < 4.78 is 15.9. The zero-order valence-corrected chi connectivity index (χ0v) is 14.5. The van der Waals surface area contributed by atoms with Crippen molar-refractivity contribution in [3.05, 3.63) is 66.7 Å². The largest absolute Gasteiger partial charge is 0.490 e. The first-order chi connectivity index (χ1) is 12.7. The number of nitrogens with one attached hydrogen (secondary N) is 1. The first-order valence-corrected chi connectivity index (χ1v) is 8.24. The highest BCUT2D eigenvalue weighted by atomic mass is 16.5. The number of esters is 1. The van der Waals surface area contributed by atoms with Crippen molar-refractivity contribution < 1.29 is 23.8 Å². The van der Waals surface area contributed by atoms with Crippen LogP contribution in [0.5, 0.6) is 11.5 Å². The molecule has 26 heavy (non-hydrogen) atoms. The molecule has 6 heteroatoms. The van der Waals surface area contributed by atoms with Crippen molar-refractivity contribution >= 4 is 17.6 Å². The third-order valence-electron chi connectivity index (χ3n) is 3.12. The molecule has 0 bridgehead atoms. The number of carbonyl (C=O) groups is 2. The highest BCUT2D eigenvalue weighted by Gasteiger charge is 2.02. The molecule has 0 heterocycles. The van der Waals surface area contributed by atoms with Gasteiger partial charge in [-0.3, -0.25) is 4.79 Å². The quantitative estimate of drug-likeness (QED) is 0.425. The number of benzene rings is 2. The van der Waals surface area contributed by atoms with Gasteiger partial charge in [-0.15, -0.1) is 0 Å². The molecule has 1 N–H and O–H groups in total. The van der Waals surface area contributed by atoms with Crippen molar-refractivity contribution in [3.63, 3.8) is 0 Å². The lowest BCUT2D eigenvalue weighted by atomic mass is 10.3. The average Bonchev–Trinajstić information content (AvgIpc) is 2.65. The predicted octanol–water partition coefficient (Wildman–Crippen LogP) is 3.20.